The summed E-state index contributed by atoms with van der Waals surface area (Å²) in [6.07, 6.45) is -4.50. The van der Waals surface area contributed by atoms with Crippen molar-refractivity contribution in [2.24, 2.45) is 0 Å². The predicted molar refractivity (Wildman–Crippen MR) is 108 cm³/mol. The van der Waals surface area contributed by atoms with E-state index in [1.54, 1.807) is 24.3 Å². The van der Waals surface area contributed by atoms with Gasteiger partial charge in [0.1, 0.15) is 11.6 Å². The number of benzene rings is 2. The van der Waals surface area contributed by atoms with E-state index in [2.05, 4.69) is 10.6 Å². The number of nitrogens with one attached hydrogen (secondary N) is 2. The number of carbonyl (C=O) groups is 2. The monoisotopic (exact) mass is 450 g/mol. The van der Waals surface area contributed by atoms with Crippen molar-refractivity contribution in [3.63, 3.8) is 0 Å². The van der Waals surface area contributed by atoms with Crippen LogP contribution < -0.4 is 15.4 Å². The molecule has 2 aromatic rings. The summed E-state index contributed by atoms with van der Waals surface area (Å²) in [5, 5.41) is 5.71. The minimum absolute atomic E-state index is 0.0712. The molecule has 1 heterocycles. The van der Waals surface area contributed by atoms with Gasteiger partial charge in [-0.25, -0.2) is 9.59 Å². The molecule has 1 aliphatic rings. The Bertz CT molecular complexity index is 1020. The van der Waals surface area contributed by atoms with Crippen LogP contribution in [0.4, 0.5) is 18.9 Å². The van der Waals surface area contributed by atoms with Crippen LogP contribution in [0, 0.1) is 0 Å². The first-order valence-electron chi connectivity index (χ1n) is 9.50. The second-order valence-electron chi connectivity index (χ2n) is 7.33. The fourth-order valence-corrected chi connectivity index (χ4v) is 2.92. The molecule has 0 atom stereocenters. The number of esters is 2. The standard InChI is InChI=1S/C22H21F3N2O5/c1-21(2)31-19(28)17(20(29)32-21)18(27-15-7-9-16(30-3)10-8-15)26-12-13-5-4-6-14(11-13)22(23,24)25/h4-11,26-27H,12H2,1-3H3. The van der Waals surface area contributed by atoms with Crippen molar-refractivity contribution in [1.29, 1.82) is 0 Å². The van der Waals surface area contributed by atoms with Crippen LogP contribution in [-0.4, -0.2) is 24.8 Å². The van der Waals surface area contributed by atoms with E-state index in [1.165, 1.54) is 33.1 Å². The van der Waals surface area contributed by atoms with Crippen molar-refractivity contribution in [2.75, 3.05) is 12.4 Å². The van der Waals surface area contributed by atoms with E-state index in [0.29, 0.717) is 11.4 Å². The van der Waals surface area contributed by atoms with Crippen LogP contribution in [0.2, 0.25) is 0 Å². The van der Waals surface area contributed by atoms with Crippen LogP contribution in [0.25, 0.3) is 0 Å². The lowest BCUT2D eigenvalue weighted by Gasteiger charge is -2.31. The number of hydrogen-bond acceptors (Lipinski definition) is 7. The Morgan fingerprint density at radius 3 is 2.22 bits per heavy atom. The summed E-state index contributed by atoms with van der Waals surface area (Å²) in [5.74, 6) is -2.79. The highest BCUT2D eigenvalue weighted by atomic mass is 19.4. The third-order valence-electron chi connectivity index (χ3n) is 4.42. The Morgan fingerprint density at radius 1 is 1.03 bits per heavy atom. The first kappa shape index (κ1) is 23.0. The molecule has 3 rings (SSSR count). The highest BCUT2D eigenvalue weighted by Crippen LogP contribution is 2.30. The molecule has 1 fully saturated rings. The molecule has 0 unspecified atom stereocenters. The molecule has 0 saturated carbocycles. The van der Waals surface area contributed by atoms with Gasteiger partial charge in [0.15, 0.2) is 5.57 Å². The summed E-state index contributed by atoms with van der Waals surface area (Å²) in [6, 6.07) is 11.3. The largest absolute Gasteiger partial charge is 0.497 e. The number of methoxy groups -OCH3 is 1. The van der Waals surface area contributed by atoms with E-state index in [-0.39, 0.29) is 17.9 Å². The Kier molecular flexibility index (Phi) is 6.33. The van der Waals surface area contributed by atoms with Gasteiger partial charge in [0.25, 0.3) is 5.79 Å². The molecule has 0 amide bonds. The number of hydrogen-bond donors (Lipinski definition) is 2. The van der Waals surface area contributed by atoms with Crippen molar-refractivity contribution in [2.45, 2.75) is 32.4 Å². The average Bonchev–Trinajstić information content (AvgIpc) is 2.70. The summed E-state index contributed by atoms with van der Waals surface area (Å²) in [6.45, 7) is 2.70. The van der Waals surface area contributed by atoms with Crippen LogP contribution in [0.1, 0.15) is 25.0 Å². The molecule has 10 heteroatoms. The number of halogens is 3. The summed E-state index contributed by atoms with van der Waals surface area (Å²) >= 11 is 0. The van der Waals surface area contributed by atoms with Crippen LogP contribution in [-0.2, 0) is 31.8 Å². The maximum Gasteiger partial charge on any atom is 0.416 e. The normalized spacial score (nSPS) is 15.5. The molecule has 7 nitrogen and oxygen atoms in total. The van der Waals surface area contributed by atoms with Gasteiger partial charge in [-0.15, -0.1) is 0 Å². The molecular formula is C22H21F3N2O5. The SMILES string of the molecule is COc1ccc(NC(NCc2cccc(C(F)(F)F)c2)=C2C(=O)OC(C)(C)OC2=O)cc1. The van der Waals surface area contributed by atoms with Crippen molar-refractivity contribution in [1.82, 2.24) is 5.32 Å². The lowest BCUT2D eigenvalue weighted by atomic mass is 10.1. The second kappa shape index (κ2) is 8.81. The lowest BCUT2D eigenvalue weighted by molar-refractivity contribution is -0.222. The highest BCUT2D eigenvalue weighted by molar-refractivity contribution is 6.16. The van der Waals surface area contributed by atoms with Gasteiger partial charge < -0.3 is 24.8 Å². The maximum atomic E-state index is 13.0. The van der Waals surface area contributed by atoms with Gasteiger partial charge >= 0.3 is 18.1 Å². The van der Waals surface area contributed by atoms with Gasteiger partial charge in [0.05, 0.1) is 12.7 Å². The van der Waals surface area contributed by atoms with Crippen molar-refractivity contribution >= 4 is 17.6 Å². The number of anilines is 1. The van der Waals surface area contributed by atoms with Gasteiger partial charge in [-0.3, -0.25) is 0 Å². The Morgan fingerprint density at radius 2 is 1.66 bits per heavy atom. The third kappa shape index (κ3) is 5.51. The summed E-state index contributed by atoms with van der Waals surface area (Å²) in [4.78, 5) is 25.0. The van der Waals surface area contributed by atoms with Gasteiger partial charge in [-0.1, -0.05) is 12.1 Å². The summed E-state index contributed by atoms with van der Waals surface area (Å²) in [7, 11) is 1.50. The first-order chi connectivity index (χ1) is 15.0. The number of cyclic esters (lactones) is 2. The Hall–Kier alpha value is -3.69. The fourth-order valence-electron chi connectivity index (χ4n) is 2.92. The van der Waals surface area contributed by atoms with Crippen molar-refractivity contribution in [3.05, 3.63) is 71.1 Å². The molecule has 0 spiro atoms. The summed E-state index contributed by atoms with van der Waals surface area (Å²) < 4.78 is 54.4. The van der Waals surface area contributed by atoms with Crippen molar-refractivity contribution < 1.29 is 37.0 Å². The number of carbonyl (C=O) groups excluding carboxylic acids is 2. The molecular weight excluding hydrogens is 429 g/mol. The molecule has 0 aliphatic carbocycles. The van der Waals surface area contributed by atoms with Crippen LogP contribution in [0.5, 0.6) is 5.75 Å². The van der Waals surface area contributed by atoms with E-state index < -0.39 is 35.0 Å². The minimum atomic E-state index is -4.50. The highest BCUT2D eigenvalue weighted by Gasteiger charge is 2.41. The van der Waals surface area contributed by atoms with Crippen LogP contribution >= 0.6 is 0 Å². The van der Waals surface area contributed by atoms with Crippen molar-refractivity contribution in [3.8, 4) is 5.75 Å². The van der Waals surface area contributed by atoms with Gasteiger partial charge in [0, 0.05) is 26.1 Å². The van der Waals surface area contributed by atoms with E-state index >= 15 is 0 Å². The minimum Gasteiger partial charge on any atom is -0.497 e. The van der Waals surface area contributed by atoms with Gasteiger partial charge in [-0.2, -0.15) is 13.2 Å². The topological polar surface area (TPSA) is 85.9 Å². The van der Waals surface area contributed by atoms with E-state index in [0.717, 1.165) is 12.1 Å². The van der Waals surface area contributed by atoms with Gasteiger partial charge in [0.2, 0.25) is 0 Å². The molecule has 2 aromatic carbocycles. The zero-order valence-corrected chi connectivity index (χ0v) is 17.5. The quantitative estimate of drug-likeness (QED) is 0.391. The number of alkyl halides is 3. The maximum absolute atomic E-state index is 13.0. The third-order valence-corrected chi connectivity index (χ3v) is 4.42. The van der Waals surface area contributed by atoms with E-state index in [4.69, 9.17) is 14.2 Å². The number of ether oxygens (including phenoxy) is 3. The second-order valence-corrected chi connectivity index (χ2v) is 7.33. The van der Waals surface area contributed by atoms with E-state index in [9.17, 15) is 22.8 Å². The zero-order valence-electron chi connectivity index (χ0n) is 17.5. The number of rotatable bonds is 6. The molecule has 2 N–H and O–H groups in total. The predicted octanol–water partition coefficient (Wildman–Crippen LogP) is 3.96. The smallest absolute Gasteiger partial charge is 0.416 e. The molecule has 0 bridgehead atoms. The fraction of sp³-hybridized carbons (Fsp3) is 0.273. The lowest BCUT2D eigenvalue weighted by Crippen LogP contribution is -2.44. The van der Waals surface area contributed by atoms with E-state index in [1.807, 2.05) is 0 Å². The zero-order chi connectivity index (χ0) is 23.5. The molecule has 0 aromatic heterocycles. The van der Waals surface area contributed by atoms with Gasteiger partial charge in [-0.05, 0) is 42.0 Å². The van der Waals surface area contributed by atoms with Crippen LogP contribution in [0.15, 0.2) is 59.9 Å². The van der Waals surface area contributed by atoms with Crippen LogP contribution in [0.3, 0.4) is 0 Å². The molecule has 170 valence electrons. The first-order valence-corrected chi connectivity index (χ1v) is 9.50. The molecule has 32 heavy (non-hydrogen) atoms. The molecule has 1 saturated heterocycles. The summed E-state index contributed by atoms with van der Waals surface area (Å²) in [5.41, 5.74) is -0.484. The molecule has 1 aliphatic heterocycles. The average molecular weight is 450 g/mol. The molecule has 0 radical (unpaired) electrons. The Balaban J connectivity index is 1.92. The Labute approximate surface area is 182 Å².